The van der Waals surface area contributed by atoms with Gasteiger partial charge in [0.2, 0.25) is 11.7 Å². The second-order valence-electron chi connectivity index (χ2n) is 3.79. The molecule has 0 atom stereocenters. The Morgan fingerprint density at radius 3 is 2.65 bits per heavy atom. The molecule has 1 heterocycles. The van der Waals surface area contributed by atoms with Gasteiger partial charge < -0.3 is 10.6 Å². The Hall–Kier alpha value is -1.92. The van der Waals surface area contributed by atoms with Gasteiger partial charge in [-0.3, -0.25) is 14.7 Å². The van der Waals surface area contributed by atoms with Gasteiger partial charge in [0.15, 0.2) is 0 Å². The number of nitrogens with zero attached hydrogens (tertiary/aromatic N) is 3. The molecule has 0 saturated heterocycles. The molecule has 0 radical (unpaired) electrons. The molecule has 0 fully saturated rings. The molecule has 0 aromatic carbocycles. The fourth-order valence-corrected chi connectivity index (χ4v) is 1.37. The lowest BCUT2D eigenvalue weighted by Gasteiger charge is -2.18. The van der Waals surface area contributed by atoms with E-state index in [1.807, 2.05) is 6.92 Å². The molecule has 1 aromatic rings. The molecule has 17 heavy (non-hydrogen) atoms. The van der Waals surface area contributed by atoms with Crippen LogP contribution in [0.15, 0.2) is 0 Å². The van der Waals surface area contributed by atoms with Crippen LogP contribution in [0.5, 0.6) is 0 Å². The van der Waals surface area contributed by atoms with E-state index in [1.165, 1.54) is 4.90 Å². The third kappa shape index (κ3) is 3.86. The number of aromatic nitrogens is 3. The smallest absolute Gasteiger partial charge is 0.293 e. The number of hydrogen-bond acceptors (Lipinski definition) is 4. The Balaban J connectivity index is 2.74. The summed E-state index contributed by atoms with van der Waals surface area (Å²) in [5, 5.41) is 6.36. The first-order chi connectivity index (χ1) is 8.04. The Morgan fingerprint density at radius 1 is 1.47 bits per heavy atom. The van der Waals surface area contributed by atoms with Gasteiger partial charge >= 0.3 is 0 Å². The highest BCUT2D eigenvalue weighted by atomic mass is 16.2. The van der Waals surface area contributed by atoms with Crippen molar-refractivity contribution in [1.29, 1.82) is 0 Å². The lowest BCUT2D eigenvalue weighted by atomic mass is 10.3. The normalized spacial score (nSPS) is 10.2. The zero-order valence-corrected chi connectivity index (χ0v) is 10.1. The number of amides is 2. The van der Waals surface area contributed by atoms with E-state index in [4.69, 9.17) is 5.73 Å². The van der Waals surface area contributed by atoms with Gasteiger partial charge in [-0.25, -0.2) is 4.98 Å². The van der Waals surface area contributed by atoms with Crippen LogP contribution >= 0.6 is 0 Å². The van der Waals surface area contributed by atoms with Gasteiger partial charge in [0.1, 0.15) is 5.82 Å². The molecule has 0 spiro atoms. The van der Waals surface area contributed by atoms with E-state index in [-0.39, 0.29) is 18.3 Å². The molecule has 1 aromatic heterocycles. The number of rotatable bonds is 6. The molecule has 7 nitrogen and oxygen atoms in total. The molecule has 0 saturated carbocycles. The van der Waals surface area contributed by atoms with Crippen LogP contribution in [0.3, 0.4) is 0 Å². The number of aryl methyl sites for hydroxylation is 1. The van der Waals surface area contributed by atoms with Crippen molar-refractivity contribution in [3.8, 4) is 0 Å². The molecular formula is C10H17N5O2. The average molecular weight is 239 g/mol. The van der Waals surface area contributed by atoms with E-state index in [0.29, 0.717) is 12.4 Å². The maximum atomic E-state index is 12.0. The topological polar surface area (TPSA) is 105 Å². The molecule has 94 valence electrons. The van der Waals surface area contributed by atoms with Gasteiger partial charge in [-0.15, -0.1) is 5.10 Å². The number of H-pyrrole nitrogens is 1. The summed E-state index contributed by atoms with van der Waals surface area (Å²) < 4.78 is 0. The third-order valence-corrected chi connectivity index (χ3v) is 2.20. The summed E-state index contributed by atoms with van der Waals surface area (Å²) in [5.74, 6) is -0.286. The molecule has 7 heteroatoms. The SMILES string of the molecule is CCCCN(CC(N)=O)C(=O)c1n[nH]c(C)n1. The number of carbonyl (C=O) groups is 2. The van der Waals surface area contributed by atoms with Crippen molar-refractivity contribution < 1.29 is 9.59 Å². The van der Waals surface area contributed by atoms with Crippen molar-refractivity contribution in [2.75, 3.05) is 13.1 Å². The van der Waals surface area contributed by atoms with Crippen LogP contribution in [-0.2, 0) is 4.79 Å². The van der Waals surface area contributed by atoms with E-state index in [2.05, 4.69) is 15.2 Å². The second kappa shape index (κ2) is 5.97. The van der Waals surface area contributed by atoms with Crippen LogP contribution < -0.4 is 5.73 Å². The fraction of sp³-hybridized carbons (Fsp3) is 0.600. The van der Waals surface area contributed by atoms with Crippen LogP contribution in [0.25, 0.3) is 0 Å². The van der Waals surface area contributed by atoms with Crippen molar-refractivity contribution in [3.63, 3.8) is 0 Å². The van der Waals surface area contributed by atoms with Gasteiger partial charge in [0.05, 0.1) is 6.54 Å². The molecule has 0 aliphatic heterocycles. The van der Waals surface area contributed by atoms with Gasteiger partial charge in [-0.1, -0.05) is 13.3 Å². The summed E-state index contributed by atoms with van der Waals surface area (Å²) in [5.41, 5.74) is 5.10. The van der Waals surface area contributed by atoms with Crippen molar-refractivity contribution >= 4 is 11.8 Å². The quantitative estimate of drug-likeness (QED) is 0.719. The number of unbranched alkanes of at least 4 members (excludes halogenated alkanes) is 1. The van der Waals surface area contributed by atoms with Crippen molar-refractivity contribution in [1.82, 2.24) is 20.1 Å². The van der Waals surface area contributed by atoms with Crippen LogP contribution in [0.1, 0.15) is 36.2 Å². The van der Waals surface area contributed by atoms with Crippen molar-refractivity contribution in [2.45, 2.75) is 26.7 Å². The number of aromatic amines is 1. The minimum atomic E-state index is -0.540. The highest BCUT2D eigenvalue weighted by Gasteiger charge is 2.20. The number of carbonyl (C=O) groups excluding carboxylic acids is 2. The van der Waals surface area contributed by atoms with E-state index in [1.54, 1.807) is 6.92 Å². The summed E-state index contributed by atoms with van der Waals surface area (Å²) in [6.45, 7) is 4.08. The lowest BCUT2D eigenvalue weighted by Crippen LogP contribution is -2.39. The zero-order valence-electron chi connectivity index (χ0n) is 10.1. The molecule has 3 N–H and O–H groups in total. The van der Waals surface area contributed by atoms with E-state index < -0.39 is 5.91 Å². The van der Waals surface area contributed by atoms with Gasteiger partial charge in [-0.05, 0) is 13.3 Å². The predicted molar refractivity (Wildman–Crippen MR) is 61.1 cm³/mol. The molecular weight excluding hydrogens is 222 g/mol. The Bertz CT molecular complexity index is 401. The monoisotopic (exact) mass is 239 g/mol. The molecule has 1 rings (SSSR count). The maximum Gasteiger partial charge on any atom is 0.293 e. The first-order valence-electron chi connectivity index (χ1n) is 5.51. The zero-order chi connectivity index (χ0) is 12.8. The number of nitrogens with one attached hydrogen (secondary N) is 1. The predicted octanol–water partition coefficient (Wildman–Crippen LogP) is -0.159. The van der Waals surface area contributed by atoms with Crippen LogP contribution in [0.2, 0.25) is 0 Å². The van der Waals surface area contributed by atoms with Crippen molar-refractivity contribution in [2.24, 2.45) is 5.73 Å². The van der Waals surface area contributed by atoms with Gasteiger partial charge in [0, 0.05) is 6.54 Å². The summed E-state index contributed by atoms with van der Waals surface area (Å²) >= 11 is 0. The molecule has 0 unspecified atom stereocenters. The number of hydrogen-bond donors (Lipinski definition) is 2. The van der Waals surface area contributed by atoms with E-state index in [0.717, 1.165) is 12.8 Å². The summed E-state index contributed by atoms with van der Waals surface area (Å²) in [6.07, 6.45) is 1.73. The molecule has 0 aliphatic rings. The average Bonchev–Trinajstić information content (AvgIpc) is 2.69. The minimum Gasteiger partial charge on any atom is -0.368 e. The first-order valence-corrected chi connectivity index (χ1v) is 5.51. The Kier molecular flexibility index (Phi) is 4.62. The number of primary amides is 1. The number of nitrogens with two attached hydrogens (primary N) is 1. The van der Waals surface area contributed by atoms with Crippen LogP contribution in [0.4, 0.5) is 0 Å². The highest BCUT2D eigenvalue weighted by Crippen LogP contribution is 2.02. The van der Waals surface area contributed by atoms with Crippen molar-refractivity contribution in [3.05, 3.63) is 11.6 Å². The molecule has 0 aliphatic carbocycles. The summed E-state index contributed by atoms with van der Waals surface area (Å²) in [4.78, 5) is 28.2. The van der Waals surface area contributed by atoms with Gasteiger partial charge in [0.25, 0.3) is 5.91 Å². The summed E-state index contributed by atoms with van der Waals surface area (Å²) in [7, 11) is 0. The molecule has 2 amide bonds. The third-order valence-electron chi connectivity index (χ3n) is 2.20. The lowest BCUT2D eigenvalue weighted by molar-refractivity contribution is -0.118. The van der Waals surface area contributed by atoms with Crippen LogP contribution in [0, 0.1) is 6.92 Å². The largest absolute Gasteiger partial charge is 0.368 e. The Labute approximate surface area is 99.4 Å². The van der Waals surface area contributed by atoms with E-state index in [9.17, 15) is 9.59 Å². The first kappa shape index (κ1) is 13.1. The van der Waals surface area contributed by atoms with Crippen LogP contribution in [-0.4, -0.2) is 45.0 Å². The van der Waals surface area contributed by atoms with Gasteiger partial charge in [-0.2, -0.15) is 0 Å². The minimum absolute atomic E-state index is 0.0693. The standard InChI is InChI=1S/C10H17N5O2/c1-3-4-5-15(6-8(11)16)10(17)9-12-7(2)13-14-9/h3-6H2,1-2H3,(H2,11,16)(H,12,13,14). The maximum absolute atomic E-state index is 12.0. The highest BCUT2D eigenvalue weighted by molar-refractivity contribution is 5.93. The molecule has 0 bridgehead atoms. The second-order valence-corrected chi connectivity index (χ2v) is 3.79. The fourth-order valence-electron chi connectivity index (χ4n) is 1.37. The van der Waals surface area contributed by atoms with E-state index >= 15 is 0 Å². The Morgan fingerprint density at radius 2 is 2.18 bits per heavy atom. The summed E-state index contributed by atoms with van der Waals surface area (Å²) in [6, 6.07) is 0.